The molecule has 1 fully saturated rings. The lowest BCUT2D eigenvalue weighted by molar-refractivity contribution is -0.149. The van der Waals surface area contributed by atoms with Gasteiger partial charge in [-0.1, -0.05) is 0 Å². The topological polar surface area (TPSA) is 129 Å². The molecule has 3 rings (SSSR count). The van der Waals surface area contributed by atoms with Crippen LogP contribution in [0.3, 0.4) is 0 Å². The Labute approximate surface area is 163 Å². The molecule has 1 saturated heterocycles. The zero-order valence-corrected chi connectivity index (χ0v) is 16.6. The zero-order chi connectivity index (χ0) is 20.5. The van der Waals surface area contributed by atoms with Gasteiger partial charge in [0.15, 0.2) is 0 Å². The van der Waals surface area contributed by atoms with Crippen LogP contribution in [0.5, 0.6) is 5.75 Å². The van der Waals surface area contributed by atoms with E-state index in [1.165, 1.54) is 0 Å². The van der Waals surface area contributed by atoms with E-state index in [1.807, 2.05) is 13.8 Å². The van der Waals surface area contributed by atoms with E-state index in [0.717, 1.165) is 6.42 Å². The highest BCUT2D eigenvalue weighted by molar-refractivity contribution is 7.46. The third kappa shape index (κ3) is 4.37. The SMILES string of the molecule is CC1(C)Oc2ccc(C#N)cc2[C@@H](N2CCCC2=O)[C@@H]1OCCOP(=O)(O)O. The van der Waals surface area contributed by atoms with Crippen molar-refractivity contribution in [1.82, 2.24) is 4.90 Å². The van der Waals surface area contributed by atoms with Gasteiger partial charge in [0.25, 0.3) is 0 Å². The summed E-state index contributed by atoms with van der Waals surface area (Å²) in [6, 6.07) is 6.70. The van der Waals surface area contributed by atoms with E-state index in [0.29, 0.717) is 29.8 Å². The third-order valence-corrected chi connectivity index (χ3v) is 5.41. The van der Waals surface area contributed by atoms with Gasteiger partial charge in [0.1, 0.15) is 17.5 Å². The van der Waals surface area contributed by atoms with Gasteiger partial charge in [0.2, 0.25) is 5.91 Å². The van der Waals surface area contributed by atoms with Crippen molar-refractivity contribution in [2.75, 3.05) is 19.8 Å². The lowest BCUT2D eigenvalue weighted by Crippen LogP contribution is -2.55. The monoisotopic (exact) mass is 410 g/mol. The molecular formula is C18H23N2O7P. The quantitative estimate of drug-likeness (QED) is 0.537. The predicted octanol–water partition coefficient (Wildman–Crippen LogP) is 1.89. The smallest absolute Gasteiger partial charge is 0.469 e. The molecule has 28 heavy (non-hydrogen) atoms. The Balaban J connectivity index is 1.93. The summed E-state index contributed by atoms with van der Waals surface area (Å²) in [6.07, 6.45) is 0.563. The van der Waals surface area contributed by atoms with Crippen LogP contribution in [0.4, 0.5) is 0 Å². The summed E-state index contributed by atoms with van der Waals surface area (Å²) in [5, 5.41) is 9.27. The Kier molecular flexibility index (Phi) is 5.80. The van der Waals surface area contributed by atoms with Gasteiger partial charge in [0, 0.05) is 18.5 Å². The van der Waals surface area contributed by atoms with Crippen LogP contribution in [-0.2, 0) is 18.6 Å². The first-order chi connectivity index (χ1) is 13.1. The standard InChI is InChI=1S/C18H23N2O7P/c1-18(2)17(25-8-9-26-28(22,23)24)16(20-7-3-4-15(20)21)13-10-12(11-19)5-6-14(13)27-18/h5-6,10,16-17H,3-4,7-9H2,1-2H3,(H2,22,23,24)/t16-,17+/m1/s1. The number of phosphoric ester groups is 1. The Morgan fingerprint density at radius 1 is 1.39 bits per heavy atom. The normalized spacial score (nSPS) is 23.8. The highest BCUT2D eigenvalue weighted by atomic mass is 31.2. The molecule has 9 nitrogen and oxygen atoms in total. The van der Waals surface area contributed by atoms with Crippen LogP contribution in [-0.4, -0.2) is 52.1 Å². The maximum atomic E-state index is 12.5. The summed E-state index contributed by atoms with van der Waals surface area (Å²) in [5.41, 5.74) is 0.313. The van der Waals surface area contributed by atoms with Crippen LogP contribution >= 0.6 is 7.82 Å². The molecule has 1 aromatic rings. The number of likely N-dealkylation sites (tertiary alicyclic amines) is 1. The minimum Gasteiger partial charge on any atom is -0.485 e. The number of amides is 1. The fourth-order valence-corrected chi connectivity index (χ4v) is 4.06. The summed E-state index contributed by atoms with van der Waals surface area (Å²) >= 11 is 0. The van der Waals surface area contributed by atoms with Crippen molar-refractivity contribution in [1.29, 1.82) is 5.26 Å². The van der Waals surface area contributed by atoms with Crippen LogP contribution in [0, 0.1) is 11.3 Å². The lowest BCUT2D eigenvalue weighted by Gasteiger charge is -2.47. The van der Waals surface area contributed by atoms with E-state index in [9.17, 15) is 14.6 Å². The van der Waals surface area contributed by atoms with Crippen LogP contribution in [0.2, 0.25) is 0 Å². The molecule has 152 valence electrons. The second-order valence-electron chi connectivity index (χ2n) is 7.32. The third-order valence-electron chi connectivity index (χ3n) is 4.89. The molecule has 1 aromatic carbocycles. The second kappa shape index (κ2) is 7.82. The number of carbonyl (C=O) groups is 1. The number of hydrogen-bond acceptors (Lipinski definition) is 6. The Hall–Kier alpha value is -1.95. The van der Waals surface area contributed by atoms with Crippen molar-refractivity contribution >= 4 is 13.7 Å². The minimum atomic E-state index is -4.59. The van der Waals surface area contributed by atoms with Crippen molar-refractivity contribution in [2.24, 2.45) is 0 Å². The Bertz CT molecular complexity index is 845. The number of hydrogen-bond donors (Lipinski definition) is 2. The Morgan fingerprint density at radius 2 is 2.14 bits per heavy atom. The fourth-order valence-electron chi connectivity index (χ4n) is 3.74. The minimum absolute atomic E-state index is 0.00363. The summed E-state index contributed by atoms with van der Waals surface area (Å²) in [7, 11) is -4.59. The average molecular weight is 410 g/mol. The van der Waals surface area contributed by atoms with Gasteiger partial charge < -0.3 is 24.2 Å². The van der Waals surface area contributed by atoms with Crippen molar-refractivity contribution in [3.63, 3.8) is 0 Å². The van der Waals surface area contributed by atoms with Gasteiger partial charge in [-0.25, -0.2) is 4.57 Å². The van der Waals surface area contributed by atoms with Gasteiger partial charge in [-0.3, -0.25) is 9.32 Å². The molecule has 10 heteroatoms. The molecule has 0 bridgehead atoms. The van der Waals surface area contributed by atoms with E-state index in [-0.39, 0.29) is 19.1 Å². The van der Waals surface area contributed by atoms with Gasteiger partial charge in [0.05, 0.1) is 30.9 Å². The first-order valence-electron chi connectivity index (χ1n) is 8.96. The second-order valence-corrected chi connectivity index (χ2v) is 8.56. The van der Waals surface area contributed by atoms with Crippen LogP contribution in [0.15, 0.2) is 18.2 Å². The summed E-state index contributed by atoms with van der Waals surface area (Å²) < 4.78 is 27.3. The van der Waals surface area contributed by atoms with Crippen LogP contribution in [0.1, 0.15) is 43.9 Å². The van der Waals surface area contributed by atoms with E-state index < -0.39 is 25.6 Å². The first kappa shape index (κ1) is 20.8. The highest BCUT2D eigenvalue weighted by Gasteiger charge is 2.49. The van der Waals surface area contributed by atoms with Crippen molar-refractivity contribution in [3.05, 3.63) is 29.3 Å². The molecule has 0 unspecified atom stereocenters. The molecule has 2 heterocycles. The number of nitriles is 1. The number of fused-ring (bicyclic) bond motifs is 1. The number of benzene rings is 1. The molecule has 0 saturated carbocycles. The molecule has 0 aromatic heterocycles. The van der Waals surface area contributed by atoms with Crippen molar-refractivity contribution < 1.29 is 33.1 Å². The molecule has 1 amide bonds. The first-order valence-corrected chi connectivity index (χ1v) is 10.5. The zero-order valence-electron chi connectivity index (χ0n) is 15.7. The molecular weight excluding hydrogens is 387 g/mol. The summed E-state index contributed by atoms with van der Waals surface area (Å²) in [6.45, 7) is 3.83. The molecule has 0 radical (unpaired) electrons. The average Bonchev–Trinajstić information content (AvgIpc) is 3.02. The number of phosphoric acid groups is 1. The predicted molar refractivity (Wildman–Crippen MR) is 97.3 cm³/mol. The number of rotatable bonds is 6. The van der Waals surface area contributed by atoms with E-state index >= 15 is 0 Å². The molecule has 0 aliphatic carbocycles. The number of nitrogens with zero attached hydrogens (tertiary/aromatic N) is 2. The van der Waals surface area contributed by atoms with Crippen LogP contribution in [0.25, 0.3) is 0 Å². The number of carbonyl (C=O) groups excluding carboxylic acids is 1. The number of ether oxygens (including phenoxy) is 2. The van der Waals surface area contributed by atoms with Gasteiger partial charge in [-0.2, -0.15) is 5.26 Å². The molecule has 2 aliphatic rings. The van der Waals surface area contributed by atoms with E-state index in [2.05, 4.69) is 10.6 Å². The van der Waals surface area contributed by atoms with Gasteiger partial charge in [-0.15, -0.1) is 0 Å². The van der Waals surface area contributed by atoms with Crippen molar-refractivity contribution in [2.45, 2.75) is 44.4 Å². The summed E-state index contributed by atoms with van der Waals surface area (Å²) in [5.74, 6) is 0.580. The molecule has 0 spiro atoms. The largest absolute Gasteiger partial charge is 0.485 e. The van der Waals surface area contributed by atoms with Crippen LogP contribution < -0.4 is 4.74 Å². The maximum Gasteiger partial charge on any atom is 0.469 e. The summed E-state index contributed by atoms with van der Waals surface area (Å²) in [4.78, 5) is 31.9. The van der Waals surface area contributed by atoms with E-state index in [4.69, 9.17) is 19.3 Å². The Morgan fingerprint density at radius 3 is 2.75 bits per heavy atom. The van der Waals surface area contributed by atoms with Gasteiger partial charge in [-0.05, 0) is 38.5 Å². The maximum absolute atomic E-state index is 12.5. The van der Waals surface area contributed by atoms with E-state index in [1.54, 1.807) is 23.1 Å². The van der Waals surface area contributed by atoms with Gasteiger partial charge >= 0.3 is 7.82 Å². The lowest BCUT2D eigenvalue weighted by atomic mass is 9.84. The molecule has 2 aliphatic heterocycles. The van der Waals surface area contributed by atoms with Crippen molar-refractivity contribution in [3.8, 4) is 11.8 Å². The molecule has 2 N–H and O–H groups in total. The fraction of sp³-hybridized carbons (Fsp3) is 0.556. The highest BCUT2D eigenvalue weighted by Crippen LogP contribution is 2.46. The molecule has 2 atom stereocenters.